The van der Waals surface area contributed by atoms with Gasteiger partial charge in [-0.2, -0.15) is 0 Å². The average Bonchev–Trinajstić information content (AvgIpc) is 2.70. The van der Waals surface area contributed by atoms with Crippen LogP contribution in [0.15, 0.2) is 48.7 Å². The van der Waals surface area contributed by atoms with Gasteiger partial charge in [0.15, 0.2) is 0 Å². The van der Waals surface area contributed by atoms with E-state index in [1.54, 1.807) is 6.20 Å². The minimum absolute atomic E-state index is 0.117. The van der Waals surface area contributed by atoms with Gasteiger partial charge >= 0.3 is 0 Å². The Hall–Kier alpha value is -2.40. The molecule has 1 amide bonds. The first-order valence-electron chi connectivity index (χ1n) is 9.41. The van der Waals surface area contributed by atoms with Gasteiger partial charge in [0.1, 0.15) is 5.69 Å². The first-order chi connectivity index (χ1) is 12.8. The lowest BCUT2D eigenvalue weighted by molar-refractivity contribution is 0.0390. The Morgan fingerprint density at radius 2 is 2.00 bits per heavy atom. The molecule has 0 radical (unpaired) electrons. The van der Waals surface area contributed by atoms with Gasteiger partial charge in [0.05, 0.1) is 12.7 Å². The normalized spacial score (nSPS) is 15.0. The van der Waals surface area contributed by atoms with Gasteiger partial charge in [-0.05, 0) is 43.9 Å². The van der Waals surface area contributed by atoms with Crippen LogP contribution in [0.1, 0.15) is 35.8 Å². The Morgan fingerprint density at radius 1 is 1.23 bits per heavy atom. The zero-order chi connectivity index (χ0) is 18.2. The SMILES string of the molecule is CCNC(=O)c1cc(N2CCC(OCCc3ccccc3)CC2)ccn1. The monoisotopic (exact) mass is 353 g/mol. The van der Waals surface area contributed by atoms with E-state index < -0.39 is 0 Å². The second-order valence-corrected chi connectivity index (χ2v) is 6.55. The van der Waals surface area contributed by atoms with Crippen molar-refractivity contribution in [1.82, 2.24) is 10.3 Å². The molecule has 1 aromatic heterocycles. The minimum Gasteiger partial charge on any atom is -0.378 e. The Morgan fingerprint density at radius 3 is 2.73 bits per heavy atom. The van der Waals surface area contributed by atoms with Gasteiger partial charge in [0.2, 0.25) is 0 Å². The molecule has 0 bridgehead atoms. The van der Waals surface area contributed by atoms with Crippen LogP contribution < -0.4 is 10.2 Å². The van der Waals surface area contributed by atoms with Gasteiger partial charge in [-0.1, -0.05) is 30.3 Å². The summed E-state index contributed by atoms with van der Waals surface area (Å²) in [6.07, 6.45) is 5.00. The number of carbonyl (C=O) groups excluding carboxylic acids is 1. The number of amides is 1. The standard InChI is InChI=1S/C21H27N3O2/c1-2-22-21(25)20-16-18(8-12-23-20)24-13-9-19(10-14-24)26-15-11-17-6-4-3-5-7-17/h3-8,12,16,19H,2,9-11,13-15H2,1H3,(H,22,25). The highest BCUT2D eigenvalue weighted by Gasteiger charge is 2.20. The summed E-state index contributed by atoms with van der Waals surface area (Å²) in [6, 6.07) is 14.3. The first-order valence-corrected chi connectivity index (χ1v) is 9.41. The fourth-order valence-electron chi connectivity index (χ4n) is 3.26. The molecule has 1 aliphatic rings. The summed E-state index contributed by atoms with van der Waals surface area (Å²) in [4.78, 5) is 18.4. The van der Waals surface area contributed by atoms with E-state index in [-0.39, 0.29) is 5.91 Å². The predicted molar refractivity (Wildman–Crippen MR) is 104 cm³/mol. The quantitative estimate of drug-likeness (QED) is 0.831. The Kier molecular flexibility index (Phi) is 6.61. The number of hydrogen-bond donors (Lipinski definition) is 1. The predicted octanol–water partition coefficient (Wildman–Crippen LogP) is 3.06. The molecule has 1 aromatic carbocycles. The Bertz CT molecular complexity index is 697. The largest absolute Gasteiger partial charge is 0.378 e. The second-order valence-electron chi connectivity index (χ2n) is 6.55. The highest BCUT2D eigenvalue weighted by Crippen LogP contribution is 2.22. The lowest BCUT2D eigenvalue weighted by atomic mass is 10.1. The van der Waals surface area contributed by atoms with E-state index in [4.69, 9.17) is 4.74 Å². The van der Waals surface area contributed by atoms with Gasteiger partial charge in [-0.25, -0.2) is 0 Å². The molecule has 0 saturated carbocycles. The van der Waals surface area contributed by atoms with Crippen molar-refractivity contribution in [1.29, 1.82) is 0 Å². The number of benzene rings is 1. The van der Waals surface area contributed by atoms with Gasteiger partial charge in [0.25, 0.3) is 5.91 Å². The van der Waals surface area contributed by atoms with E-state index >= 15 is 0 Å². The number of nitrogens with one attached hydrogen (secondary N) is 1. The summed E-state index contributed by atoms with van der Waals surface area (Å²) in [5.74, 6) is -0.117. The van der Waals surface area contributed by atoms with Gasteiger partial charge in [0, 0.05) is 31.5 Å². The number of carbonyl (C=O) groups is 1. The maximum Gasteiger partial charge on any atom is 0.269 e. The van der Waals surface area contributed by atoms with Crippen LogP contribution in [0.4, 0.5) is 5.69 Å². The van der Waals surface area contributed by atoms with Crippen molar-refractivity contribution < 1.29 is 9.53 Å². The van der Waals surface area contributed by atoms with Crippen LogP contribution in [0.2, 0.25) is 0 Å². The molecule has 5 nitrogen and oxygen atoms in total. The molecule has 0 atom stereocenters. The zero-order valence-corrected chi connectivity index (χ0v) is 15.4. The molecular formula is C21H27N3O2. The molecule has 26 heavy (non-hydrogen) atoms. The molecule has 0 spiro atoms. The molecule has 1 saturated heterocycles. The Balaban J connectivity index is 1.46. The number of piperidine rings is 1. The fraction of sp³-hybridized carbons (Fsp3) is 0.429. The van der Waals surface area contributed by atoms with Crippen molar-refractivity contribution in [2.45, 2.75) is 32.3 Å². The third kappa shape index (κ3) is 5.05. The van der Waals surface area contributed by atoms with E-state index in [1.165, 1.54) is 5.56 Å². The summed E-state index contributed by atoms with van der Waals surface area (Å²) in [7, 11) is 0. The Labute approximate surface area is 155 Å². The van der Waals surface area contributed by atoms with Crippen LogP contribution >= 0.6 is 0 Å². The van der Waals surface area contributed by atoms with Crippen molar-refractivity contribution in [2.24, 2.45) is 0 Å². The summed E-state index contributed by atoms with van der Waals surface area (Å²) < 4.78 is 6.06. The molecule has 0 unspecified atom stereocenters. The second kappa shape index (κ2) is 9.34. The topological polar surface area (TPSA) is 54.5 Å². The number of aromatic nitrogens is 1. The van der Waals surface area contributed by atoms with Crippen LogP contribution in [0.5, 0.6) is 0 Å². The van der Waals surface area contributed by atoms with Crippen LogP contribution in [0.25, 0.3) is 0 Å². The molecule has 2 heterocycles. The summed E-state index contributed by atoms with van der Waals surface area (Å²) in [5.41, 5.74) is 2.86. The van der Waals surface area contributed by atoms with Gasteiger partial charge < -0.3 is 15.0 Å². The maximum absolute atomic E-state index is 12.0. The van der Waals surface area contributed by atoms with Gasteiger partial charge in [-0.15, -0.1) is 0 Å². The van der Waals surface area contributed by atoms with E-state index in [2.05, 4.69) is 39.5 Å². The molecule has 1 aliphatic heterocycles. The summed E-state index contributed by atoms with van der Waals surface area (Å²) in [5, 5.41) is 2.80. The molecule has 2 aromatic rings. The average molecular weight is 353 g/mol. The summed E-state index contributed by atoms with van der Waals surface area (Å²) >= 11 is 0. The smallest absolute Gasteiger partial charge is 0.269 e. The van der Waals surface area contributed by atoms with Crippen molar-refractivity contribution >= 4 is 11.6 Å². The van der Waals surface area contributed by atoms with Crippen molar-refractivity contribution in [3.05, 3.63) is 59.9 Å². The first kappa shape index (κ1) is 18.4. The number of ether oxygens (including phenoxy) is 1. The van der Waals surface area contributed by atoms with Crippen LogP contribution in [0, 0.1) is 0 Å². The molecule has 1 N–H and O–H groups in total. The van der Waals surface area contributed by atoms with E-state index in [9.17, 15) is 4.79 Å². The van der Waals surface area contributed by atoms with E-state index in [0.29, 0.717) is 18.3 Å². The zero-order valence-electron chi connectivity index (χ0n) is 15.4. The lowest BCUT2D eigenvalue weighted by Gasteiger charge is -2.33. The number of hydrogen-bond acceptors (Lipinski definition) is 4. The van der Waals surface area contributed by atoms with Crippen LogP contribution in [-0.2, 0) is 11.2 Å². The number of pyridine rings is 1. The number of nitrogens with zero attached hydrogens (tertiary/aromatic N) is 2. The highest BCUT2D eigenvalue weighted by atomic mass is 16.5. The van der Waals surface area contributed by atoms with E-state index in [1.807, 2.05) is 25.1 Å². The summed E-state index contributed by atoms with van der Waals surface area (Å²) in [6.45, 7) is 5.16. The molecule has 5 heteroatoms. The third-order valence-corrected chi connectivity index (χ3v) is 4.71. The van der Waals surface area contributed by atoms with Crippen molar-refractivity contribution in [2.75, 3.05) is 31.1 Å². The van der Waals surface area contributed by atoms with Crippen LogP contribution in [0.3, 0.4) is 0 Å². The van der Waals surface area contributed by atoms with Crippen LogP contribution in [-0.4, -0.2) is 43.2 Å². The number of rotatable bonds is 7. The maximum atomic E-state index is 12.0. The molecule has 3 rings (SSSR count). The third-order valence-electron chi connectivity index (χ3n) is 4.71. The van der Waals surface area contributed by atoms with Gasteiger partial charge in [-0.3, -0.25) is 9.78 Å². The highest BCUT2D eigenvalue weighted by molar-refractivity contribution is 5.93. The fourth-order valence-corrected chi connectivity index (χ4v) is 3.26. The number of anilines is 1. The van der Waals surface area contributed by atoms with Crippen molar-refractivity contribution in [3.8, 4) is 0 Å². The van der Waals surface area contributed by atoms with Crippen molar-refractivity contribution in [3.63, 3.8) is 0 Å². The molecule has 0 aliphatic carbocycles. The van der Waals surface area contributed by atoms with E-state index in [0.717, 1.165) is 44.6 Å². The molecule has 138 valence electrons. The minimum atomic E-state index is -0.117. The lowest BCUT2D eigenvalue weighted by Crippen LogP contribution is -2.37. The molecular weight excluding hydrogens is 326 g/mol. The molecule has 1 fully saturated rings.